The number of aromatic amines is 1. The molecule has 0 aliphatic heterocycles. The first-order valence-electron chi connectivity index (χ1n) is 4.17. The number of H-pyrrole nitrogens is 1. The second-order valence-electron chi connectivity index (χ2n) is 2.77. The highest BCUT2D eigenvalue weighted by Gasteiger charge is 2.07. The number of nitrogens with one attached hydrogen (secondary N) is 1. The van der Waals surface area contributed by atoms with Gasteiger partial charge in [-0.3, -0.25) is 5.10 Å². The van der Waals surface area contributed by atoms with Crippen molar-refractivity contribution in [3.8, 4) is 11.6 Å². The van der Waals surface area contributed by atoms with E-state index in [0.29, 0.717) is 29.1 Å². The molecule has 0 atom stereocenters. The average molecular weight is 226 g/mol. The van der Waals surface area contributed by atoms with Gasteiger partial charge in [0.2, 0.25) is 0 Å². The van der Waals surface area contributed by atoms with Crippen molar-refractivity contribution in [1.82, 2.24) is 25.1 Å². The van der Waals surface area contributed by atoms with Gasteiger partial charge in [0.25, 0.3) is 0 Å². The van der Waals surface area contributed by atoms with Crippen LogP contribution in [0, 0.1) is 0 Å². The van der Waals surface area contributed by atoms with E-state index in [1.54, 1.807) is 13.2 Å². The largest absolute Gasteiger partial charge is 0.378 e. The van der Waals surface area contributed by atoms with E-state index in [0.717, 1.165) is 0 Å². The molecule has 0 radical (unpaired) electrons. The van der Waals surface area contributed by atoms with Gasteiger partial charge in [0.05, 0.1) is 12.3 Å². The summed E-state index contributed by atoms with van der Waals surface area (Å²) in [4.78, 5) is 12.2. The summed E-state index contributed by atoms with van der Waals surface area (Å²) >= 11 is 5.83. The van der Waals surface area contributed by atoms with Gasteiger partial charge in [-0.1, -0.05) is 11.6 Å². The Kier molecular flexibility index (Phi) is 2.89. The smallest absolute Gasteiger partial charge is 0.198 e. The minimum atomic E-state index is 0.350. The molecule has 1 N–H and O–H groups in total. The molecule has 0 aliphatic rings. The summed E-state index contributed by atoms with van der Waals surface area (Å²) in [5.41, 5.74) is 0.698. The fourth-order valence-corrected chi connectivity index (χ4v) is 1.31. The Hall–Kier alpha value is -1.53. The second-order valence-corrected chi connectivity index (χ2v) is 3.16. The fraction of sp³-hybridized carbons (Fsp3) is 0.250. The third-order valence-corrected chi connectivity index (χ3v) is 1.86. The lowest BCUT2D eigenvalue weighted by molar-refractivity contribution is 0.181. The molecule has 0 saturated heterocycles. The van der Waals surface area contributed by atoms with Crippen LogP contribution < -0.4 is 0 Å². The SMILES string of the molecule is COCc1cc(Cl)nc(-c2ncn[nH]2)n1. The predicted octanol–water partition coefficient (Wildman–Crippen LogP) is 1.06. The highest BCUT2D eigenvalue weighted by Crippen LogP contribution is 2.14. The van der Waals surface area contributed by atoms with E-state index in [1.165, 1.54) is 6.33 Å². The van der Waals surface area contributed by atoms with Crippen LogP contribution in [0.4, 0.5) is 0 Å². The first kappa shape index (κ1) is 10.0. The molecular weight excluding hydrogens is 218 g/mol. The quantitative estimate of drug-likeness (QED) is 0.791. The van der Waals surface area contributed by atoms with Crippen LogP contribution in [0.2, 0.25) is 5.15 Å². The first-order valence-corrected chi connectivity index (χ1v) is 4.55. The van der Waals surface area contributed by atoms with Crippen molar-refractivity contribution in [2.45, 2.75) is 6.61 Å². The fourth-order valence-electron chi connectivity index (χ4n) is 1.11. The lowest BCUT2D eigenvalue weighted by atomic mass is 10.4. The van der Waals surface area contributed by atoms with Crippen molar-refractivity contribution in [3.63, 3.8) is 0 Å². The highest BCUT2D eigenvalue weighted by atomic mass is 35.5. The summed E-state index contributed by atoms with van der Waals surface area (Å²) in [6.07, 6.45) is 1.38. The Morgan fingerprint density at radius 2 is 2.33 bits per heavy atom. The van der Waals surface area contributed by atoms with Crippen LogP contribution in [-0.4, -0.2) is 32.3 Å². The van der Waals surface area contributed by atoms with Gasteiger partial charge in [0.1, 0.15) is 11.5 Å². The zero-order chi connectivity index (χ0) is 10.7. The third-order valence-electron chi connectivity index (χ3n) is 1.67. The van der Waals surface area contributed by atoms with E-state index in [1.807, 2.05) is 0 Å². The van der Waals surface area contributed by atoms with Crippen molar-refractivity contribution >= 4 is 11.6 Å². The molecule has 0 unspecified atom stereocenters. The molecule has 0 amide bonds. The van der Waals surface area contributed by atoms with Crippen molar-refractivity contribution in [2.75, 3.05) is 7.11 Å². The molecule has 15 heavy (non-hydrogen) atoms. The molecule has 0 saturated carbocycles. The monoisotopic (exact) mass is 225 g/mol. The van der Waals surface area contributed by atoms with E-state index in [4.69, 9.17) is 16.3 Å². The van der Waals surface area contributed by atoms with Gasteiger partial charge >= 0.3 is 0 Å². The van der Waals surface area contributed by atoms with Crippen LogP contribution in [0.15, 0.2) is 12.4 Å². The average Bonchev–Trinajstić information content (AvgIpc) is 2.70. The molecule has 7 heteroatoms. The van der Waals surface area contributed by atoms with Crippen molar-refractivity contribution in [2.24, 2.45) is 0 Å². The van der Waals surface area contributed by atoms with E-state index in [-0.39, 0.29) is 0 Å². The van der Waals surface area contributed by atoms with Crippen LogP contribution in [0.25, 0.3) is 11.6 Å². The van der Waals surface area contributed by atoms with Gasteiger partial charge in [0.15, 0.2) is 11.6 Å². The highest BCUT2D eigenvalue weighted by molar-refractivity contribution is 6.29. The van der Waals surface area contributed by atoms with Gasteiger partial charge < -0.3 is 4.74 Å². The minimum absolute atomic E-state index is 0.350. The molecule has 0 bridgehead atoms. The molecule has 6 nitrogen and oxygen atoms in total. The maximum atomic E-state index is 5.83. The molecular formula is C8H8ClN5O. The van der Waals surface area contributed by atoms with E-state index in [2.05, 4.69) is 25.1 Å². The Morgan fingerprint density at radius 3 is 3.00 bits per heavy atom. The normalized spacial score (nSPS) is 10.5. The zero-order valence-corrected chi connectivity index (χ0v) is 8.69. The maximum absolute atomic E-state index is 5.83. The Morgan fingerprint density at radius 1 is 1.47 bits per heavy atom. The molecule has 2 rings (SSSR count). The van der Waals surface area contributed by atoms with Crippen molar-refractivity contribution < 1.29 is 4.74 Å². The predicted molar refractivity (Wildman–Crippen MR) is 53.1 cm³/mol. The molecule has 2 aromatic heterocycles. The van der Waals surface area contributed by atoms with Gasteiger partial charge in [-0.15, -0.1) is 0 Å². The summed E-state index contributed by atoms with van der Waals surface area (Å²) in [6, 6.07) is 1.64. The molecule has 78 valence electrons. The van der Waals surface area contributed by atoms with Crippen molar-refractivity contribution in [3.05, 3.63) is 23.2 Å². The standard InChI is InChI=1S/C8H8ClN5O/c1-15-3-5-2-6(9)13-8(12-5)7-10-4-11-14-7/h2,4H,3H2,1H3,(H,10,11,14). The molecule has 0 fully saturated rings. The van der Waals surface area contributed by atoms with E-state index < -0.39 is 0 Å². The summed E-state index contributed by atoms with van der Waals surface area (Å²) in [6.45, 7) is 0.378. The number of ether oxygens (including phenoxy) is 1. The van der Waals surface area contributed by atoms with Gasteiger partial charge in [-0.2, -0.15) is 5.10 Å². The number of halogens is 1. The van der Waals surface area contributed by atoms with E-state index >= 15 is 0 Å². The topological polar surface area (TPSA) is 76.6 Å². The van der Waals surface area contributed by atoms with Crippen LogP contribution in [0.3, 0.4) is 0 Å². The summed E-state index contributed by atoms with van der Waals surface area (Å²) in [5, 5.41) is 6.73. The number of methoxy groups -OCH3 is 1. The van der Waals surface area contributed by atoms with Gasteiger partial charge in [-0.05, 0) is 6.07 Å². The molecule has 0 aliphatic carbocycles. The summed E-state index contributed by atoms with van der Waals surface area (Å²) in [7, 11) is 1.59. The van der Waals surface area contributed by atoms with Gasteiger partial charge in [0, 0.05) is 7.11 Å². The lowest BCUT2D eigenvalue weighted by Crippen LogP contribution is -1.98. The van der Waals surface area contributed by atoms with Gasteiger partial charge in [-0.25, -0.2) is 15.0 Å². The number of nitrogens with zero attached hydrogens (tertiary/aromatic N) is 4. The number of rotatable bonds is 3. The Labute approximate surface area is 90.7 Å². The second kappa shape index (κ2) is 4.33. The Bertz CT molecular complexity index is 444. The van der Waals surface area contributed by atoms with E-state index in [9.17, 15) is 0 Å². The zero-order valence-electron chi connectivity index (χ0n) is 7.94. The first-order chi connectivity index (χ1) is 7.29. The number of aromatic nitrogens is 5. The minimum Gasteiger partial charge on any atom is -0.378 e. The maximum Gasteiger partial charge on any atom is 0.198 e. The van der Waals surface area contributed by atoms with Crippen LogP contribution in [0.5, 0.6) is 0 Å². The van der Waals surface area contributed by atoms with Crippen LogP contribution in [-0.2, 0) is 11.3 Å². The van der Waals surface area contributed by atoms with Crippen LogP contribution >= 0.6 is 11.6 Å². The molecule has 2 heterocycles. The molecule has 0 aromatic carbocycles. The number of hydrogen-bond acceptors (Lipinski definition) is 5. The van der Waals surface area contributed by atoms with Crippen LogP contribution in [0.1, 0.15) is 5.69 Å². The molecule has 0 spiro atoms. The summed E-state index contributed by atoms with van der Waals surface area (Å²) < 4.78 is 4.96. The third kappa shape index (κ3) is 2.28. The Balaban J connectivity index is 2.40. The molecule has 2 aromatic rings. The number of hydrogen-bond donors (Lipinski definition) is 1. The lowest BCUT2D eigenvalue weighted by Gasteiger charge is -2.01. The summed E-state index contributed by atoms with van der Waals surface area (Å²) in [5.74, 6) is 0.891. The van der Waals surface area contributed by atoms with Crippen molar-refractivity contribution in [1.29, 1.82) is 0 Å².